The molecule has 5 nitrogen and oxygen atoms in total. The average molecular weight is 240 g/mol. The van der Waals surface area contributed by atoms with Crippen LogP contribution in [-0.2, 0) is 0 Å². The molecule has 1 rings (SSSR count). The highest BCUT2D eigenvalue weighted by Gasteiger charge is 2.07. The highest BCUT2D eigenvalue weighted by atomic mass is 32.1. The summed E-state index contributed by atoms with van der Waals surface area (Å²) in [5.74, 6) is 1.27. The molecule has 0 aliphatic heterocycles. The Kier molecular flexibility index (Phi) is 4.42. The molecule has 1 heterocycles. The van der Waals surface area contributed by atoms with Gasteiger partial charge in [-0.15, -0.1) is 0 Å². The van der Waals surface area contributed by atoms with Gasteiger partial charge in [-0.2, -0.15) is 0 Å². The van der Waals surface area contributed by atoms with Gasteiger partial charge in [-0.25, -0.2) is 4.98 Å². The van der Waals surface area contributed by atoms with E-state index in [1.165, 1.54) is 6.07 Å². The maximum absolute atomic E-state index is 11.3. The second kappa shape index (κ2) is 5.60. The van der Waals surface area contributed by atoms with Crippen LogP contribution in [0, 0.1) is 6.92 Å². The zero-order valence-corrected chi connectivity index (χ0v) is 10.3. The molecule has 0 aliphatic rings. The third-order valence-corrected chi connectivity index (χ3v) is 2.38. The fourth-order valence-electron chi connectivity index (χ4n) is 1.41. The van der Waals surface area contributed by atoms with Gasteiger partial charge in [-0.05, 0) is 13.8 Å². The lowest BCUT2D eigenvalue weighted by Crippen LogP contribution is -2.29. The largest absolute Gasteiger partial charge is 0.393 e. The molecule has 3 N–H and O–H groups in total. The Labute approximate surface area is 99.7 Å². The number of rotatable bonds is 5. The standard InChI is InChI=1S/C10H16N4OS/c1-3-14(5-4-8(11)16)9-6-10(15)13-7(2)12-9/h6H,3-5H2,1-2H3,(H2,11,16)(H,12,13,15). The van der Waals surface area contributed by atoms with Crippen molar-refractivity contribution in [2.24, 2.45) is 5.73 Å². The summed E-state index contributed by atoms with van der Waals surface area (Å²) < 4.78 is 0. The Morgan fingerprint density at radius 1 is 1.69 bits per heavy atom. The normalized spacial score (nSPS) is 10.1. The number of aryl methyl sites for hydroxylation is 1. The van der Waals surface area contributed by atoms with Gasteiger partial charge >= 0.3 is 0 Å². The van der Waals surface area contributed by atoms with Gasteiger partial charge in [0.1, 0.15) is 11.6 Å². The first-order chi connectivity index (χ1) is 7.52. The lowest BCUT2D eigenvalue weighted by atomic mass is 10.3. The molecule has 0 radical (unpaired) electrons. The average Bonchev–Trinajstić information content (AvgIpc) is 2.16. The Bertz CT molecular complexity index is 429. The van der Waals surface area contributed by atoms with Crippen LogP contribution in [0.2, 0.25) is 0 Å². The monoisotopic (exact) mass is 240 g/mol. The fraction of sp³-hybridized carbons (Fsp3) is 0.500. The Hall–Kier alpha value is -1.43. The van der Waals surface area contributed by atoms with Gasteiger partial charge in [0.25, 0.3) is 5.56 Å². The van der Waals surface area contributed by atoms with Crippen molar-refractivity contribution in [3.05, 3.63) is 22.2 Å². The van der Waals surface area contributed by atoms with Crippen molar-refractivity contribution in [2.45, 2.75) is 20.3 Å². The van der Waals surface area contributed by atoms with Crippen LogP contribution >= 0.6 is 12.2 Å². The summed E-state index contributed by atoms with van der Waals surface area (Å²) in [4.78, 5) is 20.6. The molecule has 16 heavy (non-hydrogen) atoms. The number of aromatic amines is 1. The highest BCUT2D eigenvalue weighted by molar-refractivity contribution is 7.80. The van der Waals surface area contributed by atoms with Crippen molar-refractivity contribution < 1.29 is 0 Å². The van der Waals surface area contributed by atoms with Crippen molar-refractivity contribution in [2.75, 3.05) is 18.0 Å². The van der Waals surface area contributed by atoms with Crippen LogP contribution in [0.1, 0.15) is 19.2 Å². The Morgan fingerprint density at radius 2 is 2.38 bits per heavy atom. The fourth-order valence-corrected chi connectivity index (χ4v) is 1.50. The van der Waals surface area contributed by atoms with E-state index >= 15 is 0 Å². The number of hydrogen-bond donors (Lipinski definition) is 2. The van der Waals surface area contributed by atoms with Crippen LogP contribution in [-0.4, -0.2) is 28.0 Å². The third-order valence-electron chi connectivity index (χ3n) is 2.18. The molecule has 1 aromatic heterocycles. The van der Waals surface area contributed by atoms with E-state index in [-0.39, 0.29) is 5.56 Å². The van der Waals surface area contributed by atoms with E-state index in [1.54, 1.807) is 6.92 Å². The van der Waals surface area contributed by atoms with Gasteiger partial charge in [0, 0.05) is 25.6 Å². The summed E-state index contributed by atoms with van der Waals surface area (Å²) in [6.07, 6.45) is 0.622. The topological polar surface area (TPSA) is 75.0 Å². The van der Waals surface area contributed by atoms with Crippen LogP contribution in [0.25, 0.3) is 0 Å². The van der Waals surface area contributed by atoms with Gasteiger partial charge in [0.15, 0.2) is 0 Å². The van der Waals surface area contributed by atoms with Crippen LogP contribution in [0.4, 0.5) is 5.82 Å². The van der Waals surface area contributed by atoms with E-state index in [2.05, 4.69) is 9.97 Å². The van der Waals surface area contributed by atoms with Gasteiger partial charge in [-0.3, -0.25) is 4.79 Å². The molecule has 0 saturated carbocycles. The van der Waals surface area contributed by atoms with Gasteiger partial charge in [-0.1, -0.05) is 12.2 Å². The molecule has 1 aromatic rings. The summed E-state index contributed by atoms with van der Waals surface area (Å²) in [5, 5.41) is 0. The summed E-state index contributed by atoms with van der Waals surface area (Å²) in [6.45, 7) is 5.20. The summed E-state index contributed by atoms with van der Waals surface area (Å²) >= 11 is 4.83. The van der Waals surface area contributed by atoms with Crippen LogP contribution in [0.5, 0.6) is 0 Å². The van der Waals surface area contributed by atoms with Crippen molar-refractivity contribution in [1.82, 2.24) is 9.97 Å². The number of thiocarbonyl (C=S) groups is 1. The Morgan fingerprint density at radius 3 is 2.88 bits per heavy atom. The number of H-pyrrole nitrogens is 1. The lowest BCUT2D eigenvalue weighted by molar-refractivity contribution is 0.807. The number of nitrogens with two attached hydrogens (primary N) is 1. The molecule has 88 valence electrons. The molecule has 6 heteroatoms. The summed E-state index contributed by atoms with van der Waals surface area (Å²) in [5.41, 5.74) is 5.31. The minimum Gasteiger partial charge on any atom is -0.393 e. The van der Waals surface area contributed by atoms with E-state index in [0.29, 0.717) is 29.6 Å². The Balaban J connectivity index is 2.86. The zero-order chi connectivity index (χ0) is 12.1. The maximum Gasteiger partial charge on any atom is 0.252 e. The molecular weight excluding hydrogens is 224 g/mol. The maximum atomic E-state index is 11.3. The van der Waals surface area contributed by atoms with E-state index in [0.717, 1.165) is 6.54 Å². The molecule has 0 unspecified atom stereocenters. The molecule has 0 atom stereocenters. The first kappa shape index (κ1) is 12.6. The summed E-state index contributed by atoms with van der Waals surface area (Å²) in [7, 11) is 0. The van der Waals surface area contributed by atoms with E-state index in [9.17, 15) is 4.79 Å². The highest BCUT2D eigenvalue weighted by Crippen LogP contribution is 2.07. The van der Waals surface area contributed by atoms with Crippen molar-refractivity contribution >= 4 is 23.0 Å². The zero-order valence-electron chi connectivity index (χ0n) is 9.49. The van der Waals surface area contributed by atoms with Gasteiger partial charge < -0.3 is 15.6 Å². The second-order valence-corrected chi connectivity index (χ2v) is 4.01. The predicted molar refractivity (Wildman–Crippen MR) is 68.9 cm³/mol. The number of hydrogen-bond acceptors (Lipinski definition) is 4. The molecule has 0 aromatic carbocycles. The quantitative estimate of drug-likeness (QED) is 0.736. The third kappa shape index (κ3) is 3.62. The van der Waals surface area contributed by atoms with Gasteiger partial charge in [0.05, 0.1) is 4.99 Å². The first-order valence-electron chi connectivity index (χ1n) is 5.14. The van der Waals surface area contributed by atoms with E-state index in [4.69, 9.17) is 18.0 Å². The van der Waals surface area contributed by atoms with E-state index < -0.39 is 0 Å². The molecule has 0 bridgehead atoms. The first-order valence-corrected chi connectivity index (χ1v) is 5.55. The smallest absolute Gasteiger partial charge is 0.252 e. The summed E-state index contributed by atoms with van der Waals surface area (Å²) in [6, 6.07) is 1.48. The number of nitrogens with zero attached hydrogens (tertiary/aromatic N) is 2. The van der Waals surface area contributed by atoms with Crippen molar-refractivity contribution in [1.29, 1.82) is 0 Å². The SMILES string of the molecule is CCN(CCC(N)=S)c1cc(=O)[nH]c(C)n1. The molecule has 0 spiro atoms. The second-order valence-electron chi connectivity index (χ2n) is 3.48. The minimum atomic E-state index is -0.142. The van der Waals surface area contributed by atoms with Gasteiger partial charge in [0.2, 0.25) is 0 Å². The van der Waals surface area contributed by atoms with E-state index in [1.807, 2.05) is 11.8 Å². The molecule has 0 saturated heterocycles. The minimum absolute atomic E-state index is 0.142. The molecular formula is C10H16N4OS. The number of anilines is 1. The van der Waals surface area contributed by atoms with Crippen LogP contribution in [0.15, 0.2) is 10.9 Å². The van der Waals surface area contributed by atoms with Crippen LogP contribution < -0.4 is 16.2 Å². The molecule has 0 amide bonds. The van der Waals surface area contributed by atoms with Crippen molar-refractivity contribution in [3.63, 3.8) is 0 Å². The molecule has 0 aliphatic carbocycles. The number of aromatic nitrogens is 2. The number of nitrogens with one attached hydrogen (secondary N) is 1. The van der Waals surface area contributed by atoms with Crippen LogP contribution in [0.3, 0.4) is 0 Å². The molecule has 0 fully saturated rings. The lowest BCUT2D eigenvalue weighted by Gasteiger charge is -2.21. The predicted octanol–water partition coefficient (Wildman–Crippen LogP) is 0.581. The van der Waals surface area contributed by atoms with Crippen molar-refractivity contribution in [3.8, 4) is 0 Å².